The van der Waals surface area contributed by atoms with Crippen molar-refractivity contribution in [1.82, 2.24) is 24.8 Å². The highest BCUT2D eigenvalue weighted by Crippen LogP contribution is 1.94. The van der Waals surface area contributed by atoms with Gasteiger partial charge in [-0.25, -0.2) is 9.97 Å². The van der Waals surface area contributed by atoms with Crippen LogP contribution in [0.4, 0.5) is 0 Å². The third-order valence-electron chi connectivity index (χ3n) is 2.45. The first-order chi connectivity index (χ1) is 8.75. The van der Waals surface area contributed by atoms with Crippen LogP contribution in [0.3, 0.4) is 0 Å². The maximum atomic E-state index is 11.7. The lowest BCUT2D eigenvalue weighted by Gasteiger charge is -2.05. The third kappa shape index (κ3) is 3.38. The van der Waals surface area contributed by atoms with Crippen molar-refractivity contribution in [3.8, 4) is 0 Å². The van der Waals surface area contributed by atoms with E-state index in [0.717, 1.165) is 18.7 Å². The molecule has 0 fully saturated rings. The topological polar surface area (TPSA) is 72.7 Å². The molecule has 2 rings (SSSR count). The second-order valence-corrected chi connectivity index (χ2v) is 3.95. The zero-order chi connectivity index (χ0) is 12.8. The van der Waals surface area contributed by atoms with Gasteiger partial charge in [0.1, 0.15) is 5.69 Å². The number of nitrogens with one attached hydrogen (secondary N) is 1. The number of hydrogen-bond donors (Lipinski definition) is 1. The maximum absolute atomic E-state index is 11.7. The van der Waals surface area contributed by atoms with Crippen molar-refractivity contribution in [2.45, 2.75) is 19.9 Å². The van der Waals surface area contributed by atoms with Crippen LogP contribution in [0.2, 0.25) is 0 Å². The van der Waals surface area contributed by atoms with Crippen molar-refractivity contribution < 1.29 is 4.79 Å². The van der Waals surface area contributed by atoms with E-state index in [1.165, 1.54) is 6.20 Å². The van der Waals surface area contributed by atoms with Crippen molar-refractivity contribution in [3.63, 3.8) is 0 Å². The summed E-state index contributed by atoms with van der Waals surface area (Å²) in [5, 5.41) is 2.81. The summed E-state index contributed by atoms with van der Waals surface area (Å²) in [6.45, 7) is 3.27. The fourth-order valence-electron chi connectivity index (χ4n) is 1.48. The molecular formula is C12H15N5O. The number of aryl methyl sites for hydroxylation is 2. The van der Waals surface area contributed by atoms with E-state index in [2.05, 4.69) is 20.3 Å². The minimum absolute atomic E-state index is 0.187. The van der Waals surface area contributed by atoms with E-state index >= 15 is 0 Å². The Labute approximate surface area is 105 Å². The third-order valence-corrected chi connectivity index (χ3v) is 2.45. The number of aromatic nitrogens is 4. The van der Waals surface area contributed by atoms with Crippen LogP contribution in [0, 0.1) is 6.92 Å². The van der Waals surface area contributed by atoms with Crippen LogP contribution in [0.25, 0.3) is 0 Å². The van der Waals surface area contributed by atoms with Crippen LogP contribution in [0.15, 0.2) is 31.1 Å². The SMILES string of the molecule is Cc1cnc(C(=O)NCCCn2ccnc2)cn1. The van der Waals surface area contributed by atoms with Gasteiger partial charge < -0.3 is 9.88 Å². The molecule has 0 saturated carbocycles. The lowest BCUT2D eigenvalue weighted by Crippen LogP contribution is -2.26. The molecule has 0 spiro atoms. The van der Waals surface area contributed by atoms with Gasteiger partial charge in [-0.2, -0.15) is 0 Å². The minimum Gasteiger partial charge on any atom is -0.351 e. The molecule has 0 radical (unpaired) electrons. The molecule has 6 nitrogen and oxygen atoms in total. The molecule has 0 atom stereocenters. The van der Waals surface area contributed by atoms with Gasteiger partial charge >= 0.3 is 0 Å². The highest BCUT2D eigenvalue weighted by Gasteiger charge is 2.05. The first-order valence-corrected chi connectivity index (χ1v) is 5.78. The smallest absolute Gasteiger partial charge is 0.271 e. The predicted molar refractivity (Wildman–Crippen MR) is 65.9 cm³/mol. The number of nitrogens with zero attached hydrogens (tertiary/aromatic N) is 4. The van der Waals surface area contributed by atoms with Gasteiger partial charge in [0, 0.05) is 31.7 Å². The average molecular weight is 245 g/mol. The summed E-state index contributed by atoms with van der Waals surface area (Å²) in [7, 11) is 0. The van der Waals surface area contributed by atoms with Gasteiger partial charge in [-0.3, -0.25) is 9.78 Å². The number of carbonyl (C=O) groups excluding carboxylic acids is 1. The van der Waals surface area contributed by atoms with Gasteiger partial charge in [-0.1, -0.05) is 0 Å². The first-order valence-electron chi connectivity index (χ1n) is 5.78. The van der Waals surface area contributed by atoms with E-state index < -0.39 is 0 Å². The Balaban J connectivity index is 1.73. The zero-order valence-corrected chi connectivity index (χ0v) is 10.2. The summed E-state index contributed by atoms with van der Waals surface area (Å²) < 4.78 is 1.97. The normalized spacial score (nSPS) is 10.3. The molecule has 1 N–H and O–H groups in total. The molecule has 94 valence electrons. The summed E-state index contributed by atoms with van der Waals surface area (Å²) in [5.41, 5.74) is 1.15. The van der Waals surface area contributed by atoms with Crippen LogP contribution in [-0.4, -0.2) is 32.0 Å². The fraction of sp³-hybridized carbons (Fsp3) is 0.333. The average Bonchev–Trinajstić information content (AvgIpc) is 2.88. The van der Waals surface area contributed by atoms with E-state index in [1.807, 2.05) is 17.7 Å². The number of imidazole rings is 1. The van der Waals surface area contributed by atoms with Gasteiger partial charge in [0.15, 0.2) is 0 Å². The van der Waals surface area contributed by atoms with Crippen molar-refractivity contribution in [3.05, 3.63) is 42.5 Å². The standard InChI is InChI=1S/C12H15N5O/c1-10-7-16-11(8-15-10)12(18)14-3-2-5-17-6-4-13-9-17/h4,6-9H,2-3,5H2,1H3,(H,14,18). The van der Waals surface area contributed by atoms with Crippen molar-refractivity contribution in [2.75, 3.05) is 6.54 Å². The summed E-state index contributed by atoms with van der Waals surface area (Å²) in [4.78, 5) is 23.7. The van der Waals surface area contributed by atoms with Crippen LogP contribution >= 0.6 is 0 Å². The summed E-state index contributed by atoms with van der Waals surface area (Å²) in [5.74, 6) is -0.187. The molecular weight excluding hydrogens is 230 g/mol. The molecule has 18 heavy (non-hydrogen) atoms. The van der Waals surface area contributed by atoms with Gasteiger partial charge in [-0.05, 0) is 13.3 Å². The lowest BCUT2D eigenvalue weighted by atomic mass is 10.3. The van der Waals surface area contributed by atoms with E-state index in [1.54, 1.807) is 18.7 Å². The summed E-state index contributed by atoms with van der Waals surface area (Å²) >= 11 is 0. The fourth-order valence-corrected chi connectivity index (χ4v) is 1.48. The Morgan fingerprint density at radius 3 is 2.94 bits per heavy atom. The van der Waals surface area contributed by atoms with Crippen LogP contribution in [0.1, 0.15) is 22.6 Å². The van der Waals surface area contributed by atoms with Gasteiger partial charge in [0.05, 0.1) is 18.2 Å². The maximum Gasteiger partial charge on any atom is 0.271 e. The Morgan fingerprint density at radius 2 is 2.28 bits per heavy atom. The Morgan fingerprint density at radius 1 is 1.39 bits per heavy atom. The molecule has 0 aliphatic heterocycles. The number of rotatable bonds is 5. The second-order valence-electron chi connectivity index (χ2n) is 3.95. The van der Waals surface area contributed by atoms with Crippen LogP contribution < -0.4 is 5.32 Å². The molecule has 2 aromatic heterocycles. The molecule has 0 aromatic carbocycles. The van der Waals surface area contributed by atoms with Crippen molar-refractivity contribution in [1.29, 1.82) is 0 Å². The molecule has 6 heteroatoms. The largest absolute Gasteiger partial charge is 0.351 e. The second kappa shape index (κ2) is 5.90. The van der Waals surface area contributed by atoms with E-state index in [9.17, 15) is 4.79 Å². The zero-order valence-electron chi connectivity index (χ0n) is 10.2. The number of carbonyl (C=O) groups is 1. The van der Waals surface area contributed by atoms with E-state index in [-0.39, 0.29) is 5.91 Å². The quantitative estimate of drug-likeness (QED) is 0.791. The molecule has 2 heterocycles. The highest BCUT2D eigenvalue weighted by atomic mass is 16.1. The molecule has 1 amide bonds. The van der Waals surface area contributed by atoms with Gasteiger partial charge in [-0.15, -0.1) is 0 Å². The number of amides is 1. The lowest BCUT2D eigenvalue weighted by molar-refractivity contribution is 0.0947. The Kier molecular flexibility index (Phi) is 4.01. The first kappa shape index (κ1) is 12.2. The molecule has 0 bridgehead atoms. The van der Waals surface area contributed by atoms with E-state index in [4.69, 9.17) is 0 Å². The molecule has 2 aromatic rings. The van der Waals surface area contributed by atoms with Crippen LogP contribution in [0.5, 0.6) is 0 Å². The number of hydrogen-bond acceptors (Lipinski definition) is 4. The predicted octanol–water partition coefficient (Wildman–Crippen LogP) is 0.802. The summed E-state index contributed by atoms with van der Waals surface area (Å²) in [6, 6.07) is 0. The van der Waals surface area contributed by atoms with Crippen molar-refractivity contribution >= 4 is 5.91 Å². The van der Waals surface area contributed by atoms with Gasteiger partial charge in [0.2, 0.25) is 0 Å². The Bertz CT molecular complexity index is 492. The van der Waals surface area contributed by atoms with Crippen molar-refractivity contribution in [2.24, 2.45) is 0 Å². The monoisotopic (exact) mass is 245 g/mol. The summed E-state index contributed by atoms with van der Waals surface area (Å²) in [6.07, 6.45) is 9.31. The molecule has 0 unspecified atom stereocenters. The Hall–Kier alpha value is -2.24. The highest BCUT2D eigenvalue weighted by molar-refractivity contribution is 5.91. The van der Waals surface area contributed by atoms with E-state index in [0.29, 0.717) is 12.2 Å². The molecule has 0 aliphatic carbocycles. The molecule has 0 saturated heterocycles. The van der Waals surface area contributed by atoms with Crippen LogP contribution in [-0.2, 0) is 6.54 Å². The minimum atomic E-state index is -0.187. The molecule has 0 aliphatic rings. The van der Waals surface area contributed by atoms with Gasteiger partial charge in [0.25, 0.3) is 5.91 Å².